The molecule has 0 bridgehead atoms. The first-order chi connectivity index (χ1) is 10.8. The number of aromatic nitrogens is 3. The molecule has 0 amide bonds. The van der Waals surface area contributed by atoms with E-state index in [1.54, 1.807) is 18.4 Å². The van der Waals surface area contributed by atoms with Crippen molar-refractivity contribution in [2.24, 2.45) is 0 Å². The molecule has 0 fully saturated rings. The van der Waals surface area contributed by atoms with Gasteiger partial charge < -0.3 is 15.3 Å². The van der Waals surface area contributed by atoms with Gasteiger partial charge in [0.1, 0.15) is 17.4 Å². The minimum absolute atomic E-state index is 0.104. The molecule has 2 aromatic heterocycles. The average molecular weight is 415 g/mol. The fraction of sp³-hybridized carbons (Fsp3) is 0.625. The van der Waals surface area contributed by atoms with Crippen LogP contribution < -0.4 is 5.73 Å². The zero-order chi connectivity index (χ0) is 18.5. The van der Waals surface area contributed by atoms with E-state index in [-0.39, 0.29) is 5.04 Å². The highest BCUT2D eigenvalue weighted by Gasteiger charge is 2.38. The second kappa shape index (κ2) is 6.08. The Balaban J connectivity index is 2.58. The first kappa shape index (κ1) is 19.4. The normalized spacial score (nSPS) is 13.7. The maximum Gasteiger partial charge on any atom is 0.192 e. The molecule has 0 atom stereocenters. The molecule has 2 rings (SSSR count). The van der Waals surface area contributed by atoms with Crippen LogP contribution in [0.5, 0.6) is 0 Å². The van der Waals surface area contributed by atoms with E-state index in [1.165, 1.54) is 6.33 Å². The highest BCUT2D eigenvalue weighted by molar-refractivity contribution is 9.10. The van der Waals surface area contributed by atoms with Gasteiger partial charge in [-0.25, -0.2) is 9.50 Å². The van der Waals surface area contributed by atoms with Gasteiger partial charge in [0.15, 0.2) is 14.1 Å². The van der Waals surface area contributed by atoms with Crippen LogP contribution in [0.25, 0.3) is 5.52 Å². The Morgan fingerprint density at radius 3 is 2.38 bits per heavy atom. The second-order valence-electron chi connectivity index (χ2n) is 8.15. The van der Waals surface area contributed by atoms with Gasteiger partial charge in [0.2, 0.25) is 0 Å². The molecule has 0 spiro atoms. The van der Waals surface area contributed by atoms with Crippen LogP contribution in [0.1, 0.15) is 45.9 Å². The van der Waals surface area contributed by atoms with E-state index in [2.05, 4.69) is 59.9 Å². The fourth-order valence-corrected chi connectivity index (χ4v) is 3.96. The number of nitrogen functional groups attached to an aromatic ring is 1. The van der Waals surface area contributed by atoms with Crippen LogP contribution in [0, 0.1) is 0 Å². The lowest BCUT2D eigenvalue weighted by Gasteiger charge is -2.36. The number of fused-ring (bicyclic) bond motifs is 1. The summed E-state index contributed by atoms with van der Waals surface area (Å²) in [6.07, 6.45) is 1.39. The first-order valence-electron chi connectivity index (χ1n) is 7.93. The highest BCUT2D eigenvalue weighted by Crippen LogP contribution is 2.40. The molecule has 0 aliphatic heterocycles. The molecule has 0 radical (unpaired) electrons. The van der Waals surface area contributed by atoms with E-state index in [4.69, 9.17) is 10.2 Å². The summed E-state index contributed by atoms with van der Waals surface area (Å²) in [5.74, 6) is 0.362. The smallest absolute Gasteiger partial charge is 0.192 e. The Kier molecular flexibility index (Phi) is 4.91. The van der Waals surface area contributed by atoms with Crippen molar-refractivity contribution in [3.05, 3.63) is 22.1 Å². The summed E-state index contributed by atoms with van der Waals surface area (Å²) >= 11 is 3.61. The molecule has 2 heterocycles. The Morgan fingerprint density at radius 1 is 1.29 bits per heavy atom. The van der Waals surface area contributed by atoms with Gasteiger partial charge in [0.25, 0.3) is 0 Å². The maximum absolute atomic E-state index is 10.7. The van der Waals surface area contributed by atoms with Gasteiger partial charge in [-0.15, -0.1) is 0 Å². The van der Waals surface area contributed by atoms with Crippen molar-refractivity contribution in [3.8, 4) is 0 Å². The van der Waals surface area contributed by atoms with Crippen LogP contribution in [0.3, 0.4) is 0 Å². The van der Waals surface area contributed by atoms with Crippen molar-refractivity contribution < 1.29 is 9.53 Å². The van der Waals surface area contributed by atoms with E-state index in [9.17, 15) is 5.11 Å². The number of hydrogen-bond donors (Lipinski definition) is 2. The van der Waals surface area contributed by atoms with E-state index < -0.39 is 13.9 Å². The van der Waals surface area contributed by atoms with Gasteiger partial charge in [-0.05, 0) is 47.9 Å². The van der Waals surface area contributed by atoms with E-state index in [0.717, 1.165) is 10.0 Å². The molecule has 24 heavy (non-hydrogen) atoms. The van der Waals surface area contributed by atoms with E-state index in [1.807, 2.05) is 0 Å². The predicted molar refractivity (Wildman–Crippen MR) is 102 cm³/mol. The van der Waals surface area contributed by atoms with Crippen molar-refractivity contribution in [2.45, 2.75) is 65.0 Å². The van der Waals surface area contributed by atoms with Crippen molar-refractivity contribution in [1.82, 2.24) is 14.6 Å². The predicted octanol–water partition coefficient (Wildman–Crippen LogP) is 3.82. The van der Waals surface area contributed by atoms with Crippen LogP contribution in [-0.2, 0) is 16.6 Å². The van der Waals surface area contributed by atoms with Crippen molar-refractivity contribution in [1.29, 1.82) is 0 Å². The summed E-state index contributed by atoms with van der Waals surface area (Å²) in [6, 6.07) is 0. The average Bonchev–Trinajstić information content (AvgIpc) is 2.69. The quantitative estimate of drug-likeness (QED) is 0.742. The summed E-state index contributed by atoms with van der Waals surface area (Å²) in [5.41, 5.74) is 7.10. The van der Waals surface area contributed by atoms with Gasteiger partial charge in [0.05, 0.1) is 16.8 Å². The Labute approximate surface area is 152 Å². The summed E-state index contributed by atoms with van der Waals surface area (Å²) in [5, 5.41) is 15.1. The van der Waals surface area contributed by atoms with E-state index >= 15 is 0 Å². The molecule has 0 aromatic carbocycles. The van der Waals surface area contributed by atoms with Gasteiger partial charge in [-0.2, -0.15) is 5.10 Å². The van der Waals surface area contributed by atoms with Gasteiger partial charge >= 0.3 is 0 Å². The molecule has 8 heteroatoms. The molecule has 6 nitrogen and oxygen atoms in total. The lowest BCUT2D eigenvalue weighted by atomic mass is 10.0. The minimum atomic E-state index is -1.93. The van der Waals surface area contributed by atoms with E-state index in [0.29, 0.717) is 23.6 Å². The Bertz CT molecular complexity index is 760. The van der Waals surface area contributed by atoms with Crippen molar-refractivity contribution in [2.75, 3.05) is 5.73 Å². The van der Waals surface area contributed by atoms with Gasteiger partial charge in [-0.1, -0.05) is 20.8 Å². The third-order valence-corrected chi connectivity index (χ3v) is 10.1. The molecule has 0 aliphatic rings. The number of anilines is 1. The zero-order valence-electron chi connectivity index (χ0n) is 15.4. The standard InChI is InChI=1S/C16H27BrN4O2Si/c1-15(2,3)24(6,7)23-8-10-11(17)12-14(18)19-9-20-21(12)13(10)16(4,5)22/h9,22H,8H2,1-7H3,(H2,18,19,20). The zero-order valence-corrected chi connectivity index (χ0v) is 18.0. The highest BCUT2D eigenvalue weighted by atomic mass is 79.9. The molecule has 3 N–H and O–H groups in total. The molecular formula is C16H27BrN4O2Si. The number of halogens is 1. The molecule has 0 saturated carbocycles. The maximum atomic E-state index is 10.7. The minimum Gasteiger partial charge on any atom is -0.412 e. The second-order valence-corrected chi connectivity index (χ2v) is 13.8. The molecule has 2 aromatic rings. The summed E-state index contributed by atoms with van der Waals surface area (Å²) in [7, 11) is -1.93. The number of hydrogen-bond acceptors (Lipinski definition) is 5. The van der Waals surface area contributed by atoms with Crippen LogP contribution >= 0.6 is 15.9 Å². The van der Waals surface area contributed by atoms with Crippen LogP contribution in [0.2, 0.25) is 18.1 Å². The first-order valence-corrected chi connectivity index (χ1v) is 11.6. The summed E-state index contributed by atoms with van der Waals surface area (Å²) < 4.78 is 8.79. The molecule has 0 saturated heterocycles. The van der Waals surface area contributed by atoms with Crippen LogP contribution in [-0.4, -0.2) is 28.0 Å². The van der Waals surface area contributed by atoms with Crippen LogP contribution in [0.15, 0.2) is 10.8 Å². The molecule has 0 unspecified atom stereocenters. The fourth-order valence-electron chi connectivity index (χ4n) is 2.35. The number of nitrogens with two attached hydrogens (primary N) is 1. The molecular weight excluding hydrogens is 388 g/mol. The topological polar surface area (TPSA) is 85.7 Å². The van der Waals surface area contributed by atoms with Gasteiger partial charge in [0, 0.05) is 5.56 Å². The molecule has 134 valence electrons. The lowest BCUT2D eigenvalue weighted by molar-refractivity contribution is 0.0693. The van der Waals surface area contributed by atoms with Crippen molar-refractivity contribution in [3.63, 3.8) is 0 Å². The van der Waals surface area contributed by atoms with Crippen LogP contribution in [0.4, 0.5) is 5.82 Å². The monoisotopic (exact) mass is 414 g/mol. The number of nitrogens with zero attached hydrogens (tertiary/aromatic N) is 3. The van der Waals surface area contributed by atoms with Crippen molar-refractivity contribution >= 4 is 35.6 Å². The summed E-state index contributed by atoms with van der Waals surface area (Å²) in [6.45, 7) is 14.9. The molecule has 0 aliphatic carbocycles. The number of rotatable bonds is 4. The number of aliphatic hydroxyl groups is 1. The lowest BCUT2D eigenvalue weighted by Crippen LogP contribution is -2.40. The Morgan fingerprint density at radius 2 is 1.88 bits per heavy atom. The third-order valence-electron chi connectivity index (χ3n) is 4.75. The van der Waals surface area contributed by atoms with Gasteiger partial charge in [-0.3, -0.25) is 0 Å². The largest absolute Gasteiger partial charge is 0.412 e. The SMILES string of the molecule is CC(C)(O)c1c(CO[Si](C)(C)C(C)(C)C)c(Br)c2c(N)ncnn12. The third kappa shape index (κ3) is 3.37. The Hall–Kier alpha value is -0.963. The summed E-state index contributed by atoms with van der Waals surface area (Å²) in [4.78, 5) is 4.05.